The quantitative estimate of drug-likeness (QED) is 0.451. The molecule has 0 bridgehead atoms. The second kappa shape index (κ2) is 5.61. The van der Waals surface area contributed by atoms with E-state index in [1.165, 1.54) is 31.4 Å². The fourth-order valence-corrected chi connectivity index (χ4v) is 5.16. The number of alkyl halides is 1. The molecule has 1 aromatic carbocycles. The lowest BCUT2D eigenvalue weighted by Crippen LogP contribution is -2.60. The number of carbonyl (C=O) groups is 2. The van der Waals surface area contributed by atoms with Crippen LogP contribution in [0.1, 0.15) is 20.7 Å². The molecule has 1 aliphatic heterocycles. The van der Waals surface area contributed by atoms with Crippen molar-refractivity contribution in [2.75, 3.05) is 7.11 Å². The van der Waals surface area contributed by atoms with E-state index in [0.717, 1.165) is 6.08 Å². The van der Waals surface area contributed by atoms with Crippen LogP contribution >= 0.6 is 22.3 Å². The summed E-state index contributed by atoms with van der Waals surface area (Å²) in [6.45, 7) is 0. The molecule has 0 spiro atoms. The maximum atomic E-state index is 12.7. The van der Waals surface area contributed by atoms with Crippen LogP contribution in [0.2, 0.25) is 0 Å². The van der Waals surface area contributed by atoms with Gasteiger partial charge in [0.2, 0.25) is 4.87 Å². The van der Waals surface area contributed by atoms with Crippen molar-refractivity contribution in [2.45, 2.75) is 10.2 Å². The zero-order chi connectivity index (χ0) is 17.7. The first-order chi connectivity index (χ1) is 11.2. The van der Waals surface area contributed by atoms with Crippen LogP contribution in [0.25, 0.3) is 0 Å². The van der Waals surface area contributed by atoms with Crippen molar-refractivity contribution in [3.63, 3.8) is 0 Å². The van der Waals surface area contributed by atoms with Crippen molar-refractivity contribution in [1.82, 2.24) is 4.90 Å². The van der Waals surface area contributed by atoms with E-state index in [1.807, 2.05) is 0 Å². The molecule has 0 aromatic heterocycles. The highest BCUT2D eigenvalue weighted by Gasteiger charge is 2.59. The highest BCUT2D eigenvalue weighted by molar-refractivity contribution is 8.15. The first-order valence-corrected chi connectivity index (χ1v) is 9.50. The molecule has 9 heteroatoms. The van der Waals surface area contributed by atoms with Gasteiger partial charge >= 0.3 is 0 Å². The molecule has 0 saturated carbocycles. The zero-order valence-electron chi connectivity index (χ0n) is 12.3. The minimum absolute atomic E-state index is 0.0981. The Morgan fingerprint density at radius 2 is 1.71 bits per heavy atom. The molecule has 1 aliphatic carbocycles. The topological polar surface area (TPSA) is 80.8 Å². The lowest BCUT2D eigenvalue weighted by Gasteiger charge is -2.39. The standard InChI is InChI=1S/C15H11Cl2NO5S/c1-23-9-6-7-15(12(16)8-9,24(17,21)22)18-13(19)10-4-2-3-5-11(10)14(18)20/h2-8,12H,1H3. The van der Waals surface area contributed by atoms with E-state index in [9.17, 15) is 18.0 Å². The molecular formula is C15H11Cl2NO5S. The molecule has 6 nitrogen and oxygen atoms in total. The Morgan fingerprint density at radius 3 is 2.12 bits per heavy atom. The van der Waals surface area contributed by atoms with Crippen LogP contribution in [0, 0.1) is 0 Å². The second-order valence-electron chi connectivity index (χ2n) is 5.19. The van der Waals surface area contributed by atoms with E-state index in [0.29, 0.717) is 10.7 Å². The van der Waals surface area contributed by atoms with E-state index in [4.69, 9.17) is 27.0 Å². The predicted octanol–water partition coefficient (Wildman–Crippen LogP) is 2.26. The third-order valence-corrected chi connectivity index (χ3v) is 6.65. The van der Waals surface area contributed by atoms with Crippen molar-refractivity contribution in [1.29, 1.82) is 0 Å². The molecule has 2 atom stereocenters. The Labute approximate surface area is 147 Å². The number of benzene rings is 1. The van der Waals surface area contributed by atoms with Crippen molar-refractivity contribution in [3.05, 3.63) is 59.4 Å². The smallest absolute Gasteiger partial charge is 0.263 e. The van der Waals surface area contributed by atoms with E-state index in [1.54, 1.807) is 12.1 Å². The molecule has 0 saturated heterocycles. The van der Waals surface area contributed by atoms with Gasteiger partial charge in [0.1, 0.15) is 5.76 Å². The molecule has 1 aromatic rings. The van der Waals surface area contributed by atoms with Gasteiger partial charge in [-0.25, -0.2) is 13.3 Å². The highest BCUT2D eigenvalue weighted by atomic mass is 35.7. The van der Waals surface area contributed by atoms with Gasteiger partial charge in [-0.1, -0.05) is 12.1 Å². The zero-order valence-corrected chi connectivity index (χ0v) is 14.6. The number of carbonyl (C=O) groups excluding carboxylic acids is 2. The largest absolute Gasteiger partial charge is 0.497 e. The second-order valence-corrected chi connectivity index (χ2v) is 8.41. The number of methoxy groups -OCH3 is 1. The van der Waals surface area contributed by atoms with Gasteiger partial charge in [-0.05, 0) is 30.4 Å². The van der Waals surface area contributed by atoms with E-state index in [-0.39, 0.29) is 11.1 Å². The summed E-state index contributed by atoms with van der Waals surface area (Å²) in [5, 5.41) is -1.32. The highest BCUT2D eigenvalue weighted by Crippen LogP contribution is 2.43. The van der Waals surface area contributed by atoms with Crippen molar-refractivity contribution in [3.8, 4) is 0 Å². The molecular weight excluding hydrogens is 377 g/mol. The molecule has 2 unspecified atom stereocenters. The van der Waals surface area contributed by atoms with Crippen molar-refractivity contribution in [2.24, 2.45) is 0 Å². The normalized spacial score (nSPS) is 26.4. The molecule has 0 fully saturated rings. The number of allylic oxidation sites excluding steroid dienone is 1. The minimum Gasteiger partial charge on any atom is -0.497 e. The first-order valence-electron chi connectivity index (χ1n) is 6.75. The summed E-state index contributed by atoms with van der Waals surface area (Å²) in [6.07, 6.45) is 3.70. The van der Waals surface area contributed by atoms with Gasteiger partial charge in [0, 0.05) is 10.7 Å². The van der Waals surface area contributed by atoms with Crippen LogP contribution in [-0.4, -0.2) is 42.5 Å². The number of rotatable bonds is 3. The fraction of sp³-hybridized carbons (Fsp3) is 0.200. The van der Waals surface area contributed by atoms with Crippen LogP contribution in [0.4, 0.5) is 0 Å². The third-order valence-electron chi connectivity index (χ3n) is 3.96. The monoisotopic (exact) mass is 387 g/mol. The number of halogens is 2. The summed E-state index contributed by atoms with van der Waals surface area (Å²) >= 11 is 6.23. The maximum Gasteiger partial charge on any atom is 0.263 e. The van der Waals surface area contributed by atoms with E-state index in [2.05, 4.69) is 0 Å². The Balaban J connectivity index is 2.22. The van der Waals surface area contributed by atoms with E-state index >= 15 is 0 Å². The molecule has 3 rings (SSSR count). The predicted molar refractivity (Wildman–Crippen MR) is 88.3 cm³/mol. The number of nitrogens with zero attached hydrogens (tertiary/aromatic N) is 1. The summed E-state index contributed by atoms with van der Waals surface area (Å²) in [5.74, 6) is -1.25. The average Bonchev–Trinajstić information content (AvgIpc) is 2.79. The van der Waals surface area contributed by atoms with Crippen LogP contribution in [0.3, 0.4) is 0 Å². The van der Waals surface area contributed by atoms with Gasteiger partial charge < -0.3 is 4.74 Å². The van der Waals surface area contributed by atoms with E-state index < -0.39 is 31.1 Å². The van der Waals surface area contributed by atoms with Crippen LogP contribution in [0.5, 0.6) is 0 Å². The molecule has 2 aliphatic rings. The van der Waals surface area contributed by atoms with Gasteiger partial charge in [-0.2, -0.15) is 0 Å². The summed E-state index contributed by atoms with van der Waals surface area (Å²) in [7, 11) is 2.51. The Hall–Kier alpha value is -1.83. The first kappa shape index (κ1) is 17.0. The van der Waals surface area contributed by atoms with Gasteiger partial charge in [0.05, 0.1) is 23.6 Å². The lowest BCUT2D eigenvalue weighted by molar-refractivity contribution is 0.0583. The van der Waals surface area contributed by atoms with Crippen LogP contribution < -0.4 is 0 Å². The Morgan fingerprint density at radius 1 is 1.17 bits per heavy atom. The number of amides is 2. The lowest BCUT2D eigenvalue weighted by atomic mass is 10.0. The molecule has 24 heavy (non-hydrogen) atoms. The molecule has 0 N–H and O–H groups in total. The summed E-state index contributed by atoms with van der Waals surface area (Å²) in [6, 6.07) is 6.03. The van der Waals surface area contributed by atoms with Crippen LogP contribution in [0.15, 0.2) is 48.3 Å². The summed E-state index contributed by atoms with van der Waals surface area (Å²) < 4.78 is 29.7. The molecule has 1 heterocycles. The van der Waals surface area contributed by atoms with Gasteiger partial charge in [-0.15, -0.1) is 11.6 Å². The Kier molecular flexibility index (Phi) is 3.98. The number of fused-ring (bicyclic) bond motifs is 1. The number of ether oxygens (including phenoxy) is 1. The number of hydrogen-bond acceptors (Lipinski definition) is 5. The number of imide groups is 1. The van der Waals surface area contributed by atoms with Gasteiger partial charge in [-0.3, -0.25) is 9.59 Å². The SMILES string of the molecule is COC1=CC(Cl)C(N2C(=O)c3ccccc3C2=O)(S(=O)(=O)Cl)C=C1. The van der Waals surface area contributed by atoms with Crippen LogP contribution in [-0.2, 0) is 13.8 Å². The van der Waals surface area contributed by atoms with Gasteiger partial charge in [0.15, 0.2) is 0 Å². The summed E-state index contributed by atoms with van der Waals surface area (Å²) in [4.78, 5) is 23.7. The third kappa shape index (κ3) is 2.19. The van der Waals surface area contributed by atoms with Crippen molar-refractivity contribution >= 4 is 43.1 Å². The minimum atomic E-state index is -4.50. The number of hydrogen-bond donors (Lipinski definition) is 0. The average molecular weight is 388 g/mol. The molecule has 2 amide bonds. The van der Waals surface area contributed by atoms with Crippen molar-refractivity contribution < 1.29 is 22.7 Å². The molecule has 126 valence electrons. The van der Waals surface area contributed by atoms with Gasteiger partial charge in [0.25, 0.3) is 20.9 Å². The summed E-state index contributed by atoms with van der Waals surface area (Å²) in [5.41, 5.74) is 0.196. The maximum absolute atomic E-state index is 12.7. The molecule has 0 radical (unpaired) electrons. The Bertz CT molecular complexity index is 873. The fourth-order valence-electron chi connectivity index (χ4n) is 2.78.